The molecule has 5 rings (SSSR count). The summed E-state index contributed by atoms with van der Waals surface area (Å²) in [6, 6.07) is 9.75. The number of fused-ring (bicyclic) bond motifs is 1. The van der Waals surface area contributed by atoms with E-state index in [9.17, 15) is 9.90 Å². The van der Waals surface area contributed by atoms with Crippen LogP contribution in [0.4, 0.5) is 11.5 Å². The zero-order valence-electron chi connectivity index (χ0n) is 17.0. The minimum Gasteiger partial charge on any atom is -0.390 e. The maximum absolute atomic E-state index is 11.9. The van der Waals surface area contributed by atoms with Gasteiger partial charge in [0.15, 0.2) is 5.82 Å². The number of H-pyrrole nitrogens is 1. The molecule has 0 bridgehead atoms. The third kappa shape index (κ3) is 4.44. The first-order valence-electron chi connectivity index (χ1n) is 10.1. The molecule has 0 saturated heterocycles. The van der Waals surface area contributed by atoms with Gasteiger partial charge in [0.1, 0.15) is 11.6 Å². The van der Waals surface area contributed by atoms with E-state index in [0.29, 0.717) is 18.1 Å². The van der Waals surface area contributed by atoms with Crippen LogP contribution in [0.1, 0.15) is 30.1 Å². The van der Waals surface area contributed by atoms with Crippen LogP contribution in [0.5, 0.6) is 0 Å². The van der Waals surface area contributed by atoms with E-state index in [2.05, 4.69) is 30.1 Å². The summed E-state index contributed by atoms with van der Waals surface area (Å²) < 4.78 is 4.01. The van der Waals surface area contributed by atoms with E-state index >= 15 is 0 Å². The lowest BCUT2D eigenvalue weighted by atomic mass is 10.3. The highest BCUT2D eigenvalue weighted by Crippen LogP contribution is 2.32. The Kier molecular flexibility index (Phi) is 5.16. The number of aryl methyl sites for hydroxylation is 1. The van der Waals surface area contributed by atoms with E-state index in [0.717, 1.165) is 40.8 Å². The number of aliphatic hydroxyl groups excluding tert-OH is 1. The quantitative estimate of drug-likeness (QED) is 0.420. The molecule has 0 atom stereocenters. The number of carbonyl (C=O) groups is 1. The first kappa shape index (κ1) is 19.7. The lowest BCUT2D eigenvalue weighted by Crippen LogP contribution is -2.23. The van der Waals surface area contributed by atoms with Crippen LogP contribution >= 0.6 is 11.9 Å². The minimum atomic E-state index is -0.115. The van der Waals surface area contributed by atoms with Crippen molar-refractivity contribution in [1.29, 1.82) is 0 Å². The van der Waals surface area contributed by atoms with Gasteiger partial charge in [-0.25, -0.2) is 4.98 Å². The molecule has 1 aliphatic heterocycles. The molecule has 1 aromatic carbocycles. The van der Waals surface area contributed by atoms with Gasteiger partial charge in [0.2, 0.25) is 5.91 Å². The summed E-state index contributed by atoms with van der Waals surface area (Å²) in [5, 5.41) is 23.0. The molecule has 1 amide bonds. The highest BCUT2D eigenvalue weighted by atomic mass is 32.2. The molecule has 0 unspecified atom stereocenters. The van der Waals surface area contributed by atoms with Crippen molar-refractivity contribution in [3.63, 3.8) is 0 Å². The van der Waals surface area contributed by atoms with Crippen LogP contribution < -0.4 is 10.6 Å². The van der Waals surface area contributed by atoms with Crippen molar-refractivity contribution in [3.05, 3.63) is 59.9 Å². The monoisotopic (exact) mass is 437 g/mol. The Bertz CT molecular complexity index is 1130. The van der Waals surface area contributed by atoms with Gasteiger partial charge in [-0.2, -0.15) is 5.10 Å². The molecule has 3 heterocycles. The standard InChI is InChI=1S/C21H23N7O2S/c1-13-8-18(26-25-13)24-20-11-27(10-19-22-16(12-29)9-28(19)20)31-17-6-4-15(5-7-17)23-21(30)14-2-3-14/h4-9,11,14,29H,2-3,10,12H2,1H3,(H,23,30)(H2,24,25,26). The van der Waals surface area contributed by atoms with E-state index in [1.807, 2.05) is 54.2 Å². The second-order valence-corrected chi connectivity index (χ2v) is 8.83. The topological polar surface area (TPSA) is 111 Å². The summed E-state index contributed by atoms with van der Waals surface area (Å²) in [6.07, 6.45) is 5.80. The molecule has 1 fully saturated rings. The average molecular weight is 438 g/mol. The summed E-state index contributed by atoms with van der Waals surface area (Å²) in [6.45, 7) is 2.41. The van der Waals surface area contributed by atoms with Crippen LogP contribution in [0.25, 0.3) is 5.82 Å². The lowest BCUT2D eigenvalue weighted by Gasteiger charge is -2.26. The summed E-state index contributed by atoms with van der Waals surface area (Å²) in [4.78, 5) is 17.5. The lowest BCUT2D eigenvalue weighted by molar-refractivity contribution is -0.117. The van der Waals surface area contributed by atoms with Crippen molar-refractivity contribution in [3.8, 4) is 0 Å². The van der Waals surface area contributed by atoms with Gasteiger partial charge in [-0.3, -0.25) is 14.5 Å². The maximum atomic E-state index is 11.9. The van der Waals surface area contributed by atoms with Gasteiger partial charge < -0.3 is 20.0 Å². The fraction of sp³-hybridized carbons (Fsp3) is 0.286. The number of imidazole rings is 1. The number of hydrogen-bond donors (Lipinski definition) is 4. The van der Waals surface area contributed by atoms with Gasteiger partial charge in [0.25, 0.3) is 0 Å². The van der Waals surface area contributed by atoms with Crippen LogP contribution in [0.3, 0.4) is 0 Å². The van der Waals surface area contributed by atoms with Gasteiger partial charge in [-0.1, -0.05) is 0 Å². The smallest absolute Gasteiger partial charge is 0.227 e. The largest absolute Gasteiger partial charge is 0.390 e. The van der Waals surface area contributed by atoms with E-state index in [-0.39, 0.29) is 18.4 Å². The molecule has 31 heavy (non-hydrogen) atoms. The van der Waals surface area contributed by atoms with E-state index in [1.54, 1.807) is 11.9 Å². The SMILES string of the molecule is Cc1cc(NC2=CN(Sc3ccc(NC(=O)C4CC4)cc3)Cc3nc(CO)cn32)n[nH]1. The Morgan fingerprint density at radius 1 is 1.32 bits per heavy atom. The number of aromatic amines is 1. The number of rotatable bonds is 7. The molecule has 1 aliphatic carbocycles. The van der Waals surface area contributed by atoms with Crippen LogP contribution in [0.15, 0.2) is 47.6 Å². The molecular weight excluding hydrogens is 414 g/mol. The molecule has 4 N–H and O–H groups in total. The van der Waals surface area contributed by atoms with Crippen LogP contribution in [0, 0.1) is 12.8 Å². The molecule has 3 aromatic rings. The summed E-state index contributed by atoms with van der Waals surface area (Å²) in [5.41, 5.74) is 2.39. The summed E-state index contributed by atoms with van der Waals surface area (Å²) in [7, 11) is 0. The predicted molar refractivity (Wildman–Crippen MR) is 119 cm³/mol. The molecule has 10 heteroatoms. The third-order valence-electron chi connectivity index (χ3n) is 5.07. The predicted octanol–water partition coefficient (Wildman–Crippen LogP) is 3.15. The highest BCUT2D eigenvalue weighted by molar-refractivity contribution is 7.97. The first-order chi connectivity index (χ1) is 15.1. The summed E-state index contributed by atoms with van der Waals surface area (Å²) >= 11 is 1.57. The van der Waals surface area contributed by atoms with Crippen molar-refractivity contribution < 1.29 is 9.90 Å². The Morgan fingerprint density at radius 2 is 2.13 bits per heavy atom. The van der Waals surface area contributed by atoms with Crippen molar-refractivity contribution >= 4 is 35.2 Å². The second-order valence-electron chi connectivity index (χ2n) is 7.71. The molecule has 160 valence electrons. The van der Waals surface area contributed by atoms with Gasteiger partial charge >= 0.3 is 0 Å². The Labute approximate surface area is 183 Å². The number of nitrogens with one attached hydrogen (secondary N) is 3. The van der Waals surface area contributed by atoms with Crippen LogP contribution in [0.2, 0.25) is 0 Å². The molecule has 9 nitrogen and oxygen atoms in total. The fourth-order valence-corrected chi connectivity index (χ4v) is 4.20. The molecule has 2 aromatic heterocycles. The zero-order valence-corrected chi connectivity index (χ0v) is 17.8. The molecule has 0 radical (unpaired) electrons. The summed E-state index contributed by atoms with van der Waals surface area (Å²) in [5.74, 6) is 2.61. The molecule has 0 spiro atoms. The van der Waals surface area contributed by atoms with Crippen molar-refractivity contribution in [2.75, 3.05) is 10.6 Å². The number of benzene rings is 1. The average Bonchev–Trinajstić information content (AvgIpc) is 3.41. The third-order valence-corrected chi connectivity index (χ3v) is 6.02. The number of hydrogen-bond acceptors (Lipinski definition) is 7. The number of aliphatic hydroxyl groups is 1. The molecule has 1 saturated carbocycles. The van der Waals surface area contributed by atoms with Crippen molar-refractivity contribution in [2.45, 2.75) is 37.8 Å². The molecule has 2 aliphatic rings. The fourth-order valence-electron chi connectivity index (χ4n) is 3.34. The Balaban J connectivity index is 1.33. The first-order valence-corrected chi connectivity index (χ1v) is 10.9. The normalized spacial score (nSPS) is 15.4. The number of anilines is 2. The number of aromatic nitrogens is 4. The minimum absolute atomic E-state index is 0.107. The number of carbonyl (C=O) groups excluding carboxylic acids is 1. The van der Waals surface area contributed by atoms with Gasteiger partial charge in [-0.15, -0.1) is 0 Å². The Hall–Kier alpha value is -3.24. The molecular formula is C21H23N7O2S. The van der Waals surface area contributed by atoms with Crippen molar-refractivity contribution in [1.82, 2.24) is 24.1 Å². The van der Waals surface area contributed by atoms with E-state index < -0.39 is 0 Å². The van der Waals surface area contributed by atoms with Gasteiger partial charge in [0.05, 0.1) is 25.0 Å². The maximum Gasteiger partial charge on any atom is 0.227 e. The van der Waals surface area contributed by atoms with Gasteiger partial charge in [0, 0.05) is 34.5 Å². The Morgan fingerprint density at radius 3 is 2.81 bits per heavy atom. The van der Waals surface area contributed by atoms with Crippen LogP contribution in [-0.2, 0) is 17.9 Å². The number of nitrogens with zero attached hydrogens (tertiary/aromatic N) is 4. The van der Waals surface area contributed by atoms with E-state index in [1.165, 1.54) is 0 Å². The zero-order chi connectivity index (χ0) is 21.4. The second kappa shape index (κ2) is 8.12. The van der Waals surface area contributed by atoms with Crippen LogP contribution in [-0.4, -0.2) is 35.1 Å². The van der Waals surface area contributed by atoms with Crippen molar-refractivity contribution in [2.24, 2.45) is 5.92 Å². The van der Waals surface area contributed by atoms with E-state index in [4.69, 9.17) is 0 Å². The highest BCUT2D eigenvalue weighted by Gasteiger charge is 2.29. The number of amides is 1. The van der Waals surface area contributed by atoms with Gasteiger partial charge in [-0.05, 0) is 56.0 Å².